The number of carbonyl (C=O) groups excluding carboxylic acids is 1. The number of aromatic nitrogens is 5. The van der Waals surface area contributed by atoms with E-state index >= 15 is 0 Å². The molecule has 23 heavy (non-hydrogen) atoms. The highest BCUT2D eigenvalue weighted by molar-refractivity contribution is 7.99. The summed E-state index contributed by atoms with van der Waals surface area (Å²) in [4.78, 5) is 16.3. The van der Waals surface area contributed by atoms with Crippen LogP contribution in [0.15, 0.2) is 41.6 Å². The molecule has 118 valence electrons. The summed E-state index contributed by atoms with van der Waals surface area (Å²) < 4.78 is 1.72. The van der Waals surface area contributed by atoms with Crippen LogP contribution in [-0.2, 0) is 4.79 Å². The predicted molar refractivity (Wildman–Crippen MR) is 88.8 cm³/mol. The first-order chi connectivity index (χ1) is 11.1. The number of thioether (sulfide) groups is 1. The Bertz CT molecular complexity index is 810. The molecule has 0 fully saturated rings. The number of carbonyl (C=O) groups is 1. The Kier molecular flexibility index (Phi) is 4.42. The first-order valence-electron chi connectivity index (χ1n) is 7.05. The van der Waals surface area contributed by atoms with Crippen LogP contribution in [0.25, 0.3) is 5.69 Å². The van der Waals surface area contributed by atoms with Crippen molar-refractivity contribution in [1.82, 2.24) is 25.0 Å². The lowest BCUT2D eigenvalue weighted by Gasteiger charge is -2.08. The molecule has 7 nitrogen and oxygen atoms in total. The van der Waals surface area contributed by atoms with Crippen LogP contribution in [0, 0.1) is 13.8 Å². The van der Waals surface area contributed by atoms with E-state index in [1.807, 2.05) is 50.2 Å². The smallest absolute Gasteiger partial charge is 0.236 e. The van der Waals surface area contributed by atoms with Gasteiger partial charge in [0, 0.05) is 6.07 Å². The zero-order chi connectivity index (χ0) is 16.2. The monoisotopic (exact) mass is 328 g/mol. The van der Waals surface area contributed by atoms with Crippen molar-refractivity contribution in [2.45, 2.75) is 19.0 Å². The van der Waals surface area contributed by atoms with E-state index in [-0.39, 0.29) is 11.7 Å². The van der Waals surface area contributed by atoms with Gasteiger partial charge < -0.3 is 5.32 Å². The van der Waals surface area contributed by atoms with Gasteiger partial charge in [-0.05, 0) is 26.0 Å². The van der Waals surface area contributed by atoms with Gasteiger partial charge in [-0.3, -0.25) is 9.89 Å². The third-order valence-electron chi connectivity index (χ3n) is 3.01. The fraction of sp³-hybridized carbons (Fsp3) is 0.200. The van der Waals surface area contributed by atoms with Crippen LogP contribution in [0.1, 0.15) is 11.5 Å². The average molecular weight is 328 g/mol. The zero-order valence-electron chi connectivity index (χ0n) is 12.8. The number of nitrogens with one attached hydrogen (secondary N) is 2. The number of amides is 1. The molecule has 0 atom stereocenters. The van der Waals surface area contributed by atoms with E-state index in [1.165, 1.54) is 11.8 Å². The van der Waals surface area contributed by atoms with E-state index in [9.17, 15) is 4.79 Å². The Morgan fingerprint density at radius 2 is 2.09 bits per heavy atom. The quantitative estimate of drug-likeness (QED) is 0.702. The molecule has 1 amide bonds. The summed E-state index contributed by atoms with van der Waals surface area (Å²) in [7, 11) is 0. The van der Waals surface area contributed by atoms with E-state index in [0.29, 0.717) is 11.0 Å². The number of nitrogens with zero attached hydrogens (tertiary/aromatic N) is 4. The molecule has 0 aliphatic carbocycles. The molecule has 3 aromatic rings. The maximum Gasteiger partial charge on any atom is 0.236 e. The van der Waals surface area contributed by atoms with Gasteiger partial charge in [0.05, 0.1) is 17.1 Å². The number of para-hydroxylation sites is 1. The maximum atomic E-state index is 12.1. The molecule has 0 unspecified atom stereocenters. The second-order valence-corrected chi connectivity index (χ2v) is 5.90. The lowest BCUT2D eigenvalue weighted by atomic mass is 10.3. The number of benzene rings is 1. The van der Waals surface area contributed by atoms with Crippen molar-refractivity contribution in [3.63, 3.8) is 0 Å². The van der Waals surface area contributed by atoms with E-state index in [0.717, 1.165) is 17.2 Å². The third kappa shape index (κ3) is 3.78. The average Bonchev–Trinajstić information content (AvgIpc) is 3.12. The van der Waals surface area contributed by atoms with Crippen LogP contribution in [-0.4, -0.2) is 36.6 Å². The molecule has 2 aromatic heterocycles. The maximum absolute atomic E-state index is 12.1. The second kappa shape index (κ2) is 6.66. The first-order valence-corrected chi connectivity index (χ1v) is 8.04. The molecule has 0 aliphatic heterocycles. The van der Waals surface area contributed by atoms with Crippen molar-refractivity contribution >= 4 is 23.5 Å². The molecule has 0 bridgehead atoms. The molecule has 0 saturated carbocycles. The number of hydrogen-bond donors (Lipinski definition) is 2. The van der Waals surface area contributed by atoms with Crippen molar-refractivity contribution in [3.8, 4) is 5.69 Å². The minimum absolute atomic E-state index is 0.130. The highest BCUT2D eigenvalue weighted by atomic mass is 32.2. The van der Waals surface area contributed by atoms with E-state index in [4.69, 9.17) is 0 Å². The van der Waals surface area contributed by atoms with Crippen molar-refractivity contribution in [3.05, 3.63) is 47.9 Å². The highest BCUT2D eigenvalue weighted by Gasteiger charge is 2.12. The van der Waals surface area contributed by atoms with Gasteiger partial charge in [0.2, 0.25) is 11.1 Å². The lowest BCUT2D eigenvalue weighted by molar-refractivity contribution is -0.113. The minimum Gasteiger partial charge on any atom is -0.310 e. The molecule has 0 saturated heterocycles. The second-order valence-electron chi connectivity index (χ2n) is 4.96. The number of H-pyrrole nitrogens is 1. The molecular formula is C15H16N6OS. The fourth-order valence-electron chi connectivity index (χ4n) is 2.05. The van der Waals surface area contributed by atoms with Crippen molar-refractivity contribution < 1.29 is 4.79 Å². The number of aryl methyl sites for hydroxylation is 2. The van der Waals surface area contributed by atoms with Gasteiger partial charge in [-0.15, -0.1) is 5.10 Å². The lowest BCUT2D eigenvalue weighted by Crippen LogP contribution is -2.17. The summed E-state index contributed by atoms with van der Waals surface area (Å²) in [5.41, 5.74) is 1.73. The summed E-state index contributed by atoms with van der Waals surface area (Å²) in [5.74, 6) is 1.47. The van der Waals surface area contributed by atoms with Crippen LogP contribution in [0.2, 0.25) is 0 Å². The number of rotatable bonds is 5. The summed E-state index contributed by atoms with van der Waals surface area (Å²) in [6, 6.07) is 11.5. The van der Waals surface area contributed by atoms with Gasteiger partial charge in [0.15, 0.2) is 0 Å². The van der Waals surface area contributed by atoms with Gasteiger partial charge in [0.25, 0.3) is 0 Å². The number of hydrogen-bond acceptors (Lipinski definition) is 5. The number of aromatic amines is 1. The minimum atomic E-state index is -0.130. The molecule has 2 heterocycles. The molecular weight excluding hydrogens is 312 g/mol. The van der Waals surface area contributed by atoms with E-state index in [2.05, 4.69) is 25.6 Å². The first kappa shape index (κ1) is 15.3. The van der Waals surface area contributed by atoms with Gasteiger partial charge in [0.1, 0.15) is 11.6 Å². The third-order valence-corrected chi connectivity index (χ3v) is 3.86. The van der Waals surface area contributed by atoms with Gasteiger partial charge in [-0.2, -0.15) is 5.10 Å². The summed E-state index contributed by atoms with van der Waals surface area (Å²) in [6.07, 6.45) is 0. The van der Waals surface area contributed by atoms with Gasteiger partial charge in [-0.1, -0.05) is 30.0 Å². The van der Waals surface area contributed by atoms with E-state index in [1.54, 1.807) is 4.68 Å². The summed E-state index contributed by atoms with van der Waals surface area (Å²) in [6.45, 7) is 3.71. The molecule has 0 radical (unpaired) electrons. The normalized spacial score (nSPS) is 10.7. The van der Waals surface area contributed by atoms with Crippen LogP contribution >= 0.6 is 11.8 Å². The fourth-order valence-corrected chi connectivity index (χ4v) is 2.69. The largest absolute Gasteiger partial charge is 0.310 e. The Labute approximate surface area is 137 Å². The summed E-state index contributed by atoms with van der Waals surface area (Å²) in [5, 5.41) is 14.6. The zero-order valence-corrected chi connectivity index (χ0v) is 13.6. The van der Waals surface area contributed by atoms with Crippen LogP contribution < -0.4 is 5.32 Å². The predicted octanol–water partition coefficient (Wildman–Crippen LogP) is 2.34. The molecule has 0 spiro atoms. The standard InChI is InChI=1S/C15H16N6OS/c1-10-8-13(21(20-10)12-6-4-3-5-7-12)17-14(22)9-23-15-16-11(2)18-19-15/h3-8H,9H2,1-2H3,(H,17,22)(H,16,18,19). The van der Waals surface area contributed by atoms with Crippen molar-refractivity contribution in [2.75, 3.05) is 11.1 Å². The van der Waals surface area contributed by atoms with Crippen molar-refractivity contribution in [1.29, 1.82) is 0 Å². The number of anilines is 1. The Balaban J connectivity index is 1.69. The Morgan fingerprint density at radius 3 is 2.78 bits per heavy atom. The van der Waals surface area contributed by atoms with Crippen LogP contribution in [0.4, 0.5) is 5.82 Å². The molecule has 2 N–H and O–H groups in total. The van der Waals surface area contributed by atoms with Crippen molar-refractivity contribution in [2.24, 2.45) is 0 Å². The van der Waals surface area contributed by atoms with E-state index < -0.39 is 0 Å². The molecule has 3 rings (SSSR count). The highest BCUT2D eigenvalue weighted by Crippen LogP contribution is 2.18. The Morgan fingerprint density at radius 1 is 1.30 bits per heavy atom. The molecule has 0 aliphatic rings. The summed E-state index contributed by atoms with van der Waals surface area (Å²) >= 11 is 1.28. The van der Waals surface area contributed by atoms with Crippen LogP contribution in [0.5, 0.6) is 0 Å². The SMILES string of the molecule is Cc1cc(NC(=O)CSc2n[nH]c(C)n2)n(-c2ccccc2)n1. The van der Waals surface area contributed by atoms with Gasteiger partial charge >= 0.3 is 0 Å². The topological polar surface area (TPSA) is 88.5 Å². The Hall–Kier alpha value is -2.61. The van der Waals surface area contributed by atoms with Gasteiger partial charge in [-0.25, -0.2) is 9.67 Å². The molecule has 8 heteroatoms. The molecule has 1 aromatic carbocycles. The van der Waals surface area contributed by atoms with Crippen LogP contribution in [0.3, 0.4) is 0 Å².